The van der Waals surface area contributed by atoms with Gasteiger partial charge in [0.05, 0.1) is 10.5 Å². The molecule has 108 valence electrons. The van der Waals surface area contributed by atoms with E-state index < -0.39 is 0 Å². The van der Waals surface area contributed by atoms with Gasteiger partial charge in [-0.3, -0.25) is 4.79 Å². The lowest BCUT2D eigenvalue weighted by Crippen LogP contribution is -2.52. The number of thiazole rings is 1. The summed E-state index contributed by atoms with van der Waals surface area (Å²) >= 11 is 1.55. The van der Waals surface area contributed by atoms with Crippen LogP contribution >= 0.6 is 11.3 Å². The molecule has 0 saturated carbocycles. The molecular weight excluding hydrogens is 258 g/mol. The van der Waals surface area contributed by atoms with Crippen LogP contribution in [0.4, 0.5) is 0 Å². The number of amides is 1. The average molecular weight is 283 g/mol. The molecular formula is C14H25N3OS. The zero-order valence-corrected chi connectivity index (χ0v) is 13.1. The fourth-order valence-corrected chi connectivity index (χ4v) is 2.92. The predicted molar refractivity (Wildman–Crippen MR) is 80.5 cm³/mol. The molecule has 0 aliphatic carbocycles. The molecule has 0 aliphatic heterocycles. The highest BCUT2D eigenvalue weighted by atomic mass is 32.1. The fraction of sp³-hybridized carbons (Fsp3) is 0.714. The standard InChI is InChI=1S/C14H25N3OS/c1-5-14(6-2,9-15)17-13(18)11-8-19-12(16-11)7-10(3)4/h8,10H,5-7,9,15H2,1-4H3,(H,17,18). The second-order valence-corrected chi connectivity index (χ2v) is 6.31. The van der Waals surface area contributed by atoms with Crippen molar-refractivity contribution in [3.63, 3.8) is 0 Å². The molecule has 0 spiro atoms. The first-order chi connectivity index (χ1) is 8.96. The van der Waals surface area contributed by atoms with Crippen molar-refractivity contribution in [3.05, 3.63) is 16.1 Å². The number of rotatable bonds is 7. The van der Waals surface area contributed by atoms with Gasteiger partial charge in [-0.05, 0) is 18.8 Å². The third kappa shape index (κ3) is 4.28. The van der Waals surface area contributed by atoms with Crippen molar-refractivity contribution in [1.29, 1.82) is 0 Å². The molecule has 0 radical (unpaired) electrons. The Morgan fingerprint density at radius 1 is 1.47 bits per heavy atom. The van der Waals surface area contributed by atoms with E-state index >= 15 is 0 Å². The normalized spacial score (nSPS) is 11.9. The maximum absolute atomic E-state index is 12.2. The van der Waals surface area contributed by atoms with Gasteiger partial charge in [-0.25, -0.2) is 4.98 Å². The Balaban J connectivity index is 2.75. The molecule has 19 heavy (non-hydrogen) atoms. The molecule has 0 atom stereocenters. The maximum atomic E-state index is 12.2. The van der Waals surface area contributed by atoms with Crippen LogP contribution in [-0.2, 0) is 6.42 Å². The number of nitrogens with zero attached hydrogens (tertiary/aromatic N) is 1. The van der Waals surface area contributed by atoms with E-state index in [1.807, 2.05) is 19.2 Å². The quantitative estimate of drug-likeness (QED) is 0.808. The Hall–Kier alpha value is -0.940. The van der Waals surface area contributed by atoms with Crippen molar-refractivity contribution >= 4 is 17.2 Å². The van der Waals surface area contributed by atoms with Crippen LogP contribution < -0.4 is 11.1 Å². The summed E-state index contributed by atoms with van der Waals surface area (Å²) in [5, 5.41) is 5.90. The molecule has 1 heterocycles. The third-order valence-corrected chi connectivity index (χ3v) is 4.36. The van der Waals surface area contributed by atoms with Crippen molar-refractivity contribution in [2.24, 2.45) is 11.7 Å². The number of aromatic nitrogens is 1. The molecule has 0 unspecified atom stereocenters. The van der Waals surface area contributed by atoms with E-state index in [4.69, 9.17) is 5.73 Å². The first-order valence-electron chi connectivity index (χ1n) is 6.93. The number of carbonyl (C=O) groups is 1. The molecule has 0 aromatic carbocycles. The summed E-state index contributed by atoms with van der Waals surface area (Å²) in [7, 11) is 0. The molecule has 5 heteroatoms. The highest BCUT2D eigenvalue weighted by Crippen LogP contribution is 2.17. The summed E-state index contributed by atoms with van der Waals surface area (Å²) in [5.74, 6) is 0.442. The third-order valence-electron chi connectivity index (χ3n) is 3.49. The van der Waals surface area contributed by atoms with E-state index in [0.717, 1.165) is 24.3 Å². The highest BCUT2D eigenvalue weighted by Gasteiger charge is 2.27. The van der Waals surface area contributed by atoms with E-state index in [1.165, 1.54) is 0 Å². The van der Waals surface area contributed by atoms with E-state index in [-0.39, 0.29) is 11.4 Å². The van der Waals surface area contributed by atoms with Crippen LogP contribution in [0.15, 0.2) is 5.38 Å². The lowest BCUT2D eigenvalue weighted by Gasteiger charge is -2.31. The van der Waals surface area contributed by atoms with Gasteiger partial charge in [0.25, 0.3) is 5.91 Å². The molecule has 1 aromatic rings. The summed E-state index contributed by atoms with van der Waals surface area (Å²) in [4.78, 5) is 16.6. The zero-order valence-electron chi connectivity index (χ0n) is 12.3. The van der Waals surface area contributed by atoms with Crippen LogP contribution in [0, 0.1) is 5.92 Å². The van der Waals surface area contributed by atoms with Crippen LogP contribution in [0.2, 0.25) is 0 Å². The molecule has 0 fully saturated rings. The van der Waals surface area contributed by atoms with Crippen LogP contribution in [0.1, 0.15) is 56.0 Å². The van der Waals surface area contributed by atoms with Gasteiger partial charge in [0.15, 0.2) is 0 Å². The molecule has 0 bridgehead atoms. The van der Waals surface area contributed by atoms with E-state index in [2.05, 4.69) is 24.1 Å². The van der Waals surface area contributed by atoms with Crippen LogP contribution in [-0.4, -0.2) is 23.0 Å². The van der Waals surface area contributed by atoms with Crippen molar-refractivity contribution in [1.82, 2.24) is 10.3 Å². The minimum Gasteiger partial charge on any atom is -0.344 e. The Bertz CT molecular complexity index is 402. The molecule has 1 amide bonds. The van der Waals surface area contributed by atoms with Gasteiger partial charge < -0.3 is 11.1 Å². The van der Waals surface area contributed by atoms with Crippen molar-refractivity contribution in [2.45, 2.75) is 52.5 Å². The molecule has 3 N–H and O–H groups in total. The Morgan fingerprint density at radius 2 is 2.11 bits per heavy atom. The predicted octanol–water partition coefficient (Wildman–Crippen LogP) is 2.59. The van der Waals surface area contributed by atoms with Crippen LogP contribution in [0.25, 0.3) is 0 Å². The van der Waals surface area contributed by atoms with Gasteiger partial charge in [0.1, 0.15) is 5.69 Å². The van der Waals surface area contributed by atoms with Gasteiger partial charge in [0.2, 0.25) is 0 Å². The summed E-state index contributed by atoms with van der Waals surface area (Å²) < 4.78 is 0. The Morgan fingerprint density at radius 3 is 2.58 bits per heavy atom. The molecule has 0 saturated heterocycles. The van der Waals surface area contributed by atoms with Gasteiger partial charge in [-0.15, -0.1) is 11.3 Å². The monoisotopic (exact) mass is 283 g/mol. The minimum absolute atomic E-state index is 0.111. The second kappa shape index (κ2) is 7.01. The Kier molecular flexibility index (Phi) is 5.94. The lowest BCUT2D eigenvalue weighted by atomic mass is 9.93. The first kappa shape index (κ1) is 16.1. The molecule has 1 rings (SSSR count). The maximum Gasteiger partial charge on any atom is 0.271 e. The summed E-state index contributed by atoms with van der Waals surface area (Å²) in [6, 6.07) is 0. The number of nitrogens with one attached hydrogen (secondary N) is 1. The number of nitrogens with two attached hydrogens (primary N) is 1. The Labute approximate surface area is 119 Å². The van der Waals surface area contributed by atoms with Gasteiger partial charge in [-0.2, -0.15) is 0 Å². The smallest absolute Gasteiger partial charge is 0.271 e. The summed E-state index contributed by atoms with van der Waals surface area (Å²) in [6.07, 6.45) is 2.57. The first-order valence-corrected chi connectivity index (χ1v) is 7.81. The van der Waals surface area contributed by atoms with Crippen molar-refractivity contribution in [3.8, 4) is 0 Å². The zero-order chi connectivity index (χ0) is 14.5. The SMILES string of the molecule is CCC(CC)(CN)NC(=O)c1csc(CC(C)C)n1. The minimum atomic E-state index is -0.307. The van der Waals surface area contributed by atoms with Crippen molar-refractivity contribution in [2.75, 3.05) is 6.54 Å². The van der Waals surface area contributed by atoms with Gasteiger partial charge >= 0.3 is 0 Å². The van der Waals surface area contributed by atoms with Crippen LogP contribution in [0.5, 0.6) is 0 Å². The van der Waals surface area contributed by atoms with Gasteiger partial charge in [0, 0.05) is 18.3 Å². The molecule has 0 aliphatic rings. The average Bonchev–Trinajstić information content (AvgIpc) is 2.83. The number of hydrogen-bond donors (Lipinski definition) is 2. The van der Waals surface area contributed by atoms with Crippen molar-refractivity contribution < 1.29 is 4.79 Å². The molecule has 4 nitrogen and oxygen atoms in total. The molecule has 1 aromatic heterocycles. The second-order valence-electron chi connectivity index (χ2n) is 5.37. The summed E-state index contributed by atoms with van der Waals surface area (Å²) in [6.45, 7) is 8.84. The lowest BCUT2D eigenvalue weighted by molar-refractivity contribution is 0.0890. The van der Waals surface area contributed by atoms with E-state index in [9.17, 15) is 4.79 Å². The van der Waals surface area contributed by atoms with E-state index in [0.29, 0.717) is 18.2 Å². The summed E-state index contributed by atoms with van der Waals surface area (Å²) in [5.41, 5.74) is 6.00. The topological polar surface area (TPSA) is 68.0 Å². The van der Waals surface area contributed by atoms with Crippen LogP contribution in [0.3, 0.4) is 0 Å². The fourth-order valence-electron chi connectivity index (χ4n) is 1.93. The largest absolute Gasteiger partial charge is 0.344 e. The number of carbonyl (C=O) groups excluding carboxylic acids is 1. The number of hydrogen-bond acceptors (Lipinski definition) is 4. The van der Waals surface area contributed by atoms with Gasteiger partial charge in [-0.1, -0.05) is 27.7 Å². The van der Waals surface area contributed by atoms with E-state index in [1.54, 1.807) is 11.3 Å². The highest BCUT2D eigenvalue weighted by molar-refractivity contribution is 7.09.